The molecule has 4 heteroatoms. The van der Waals surface area contributed by atoms with Gasteiger partial charge in [-0.05, 0) is 17.7 Å². The van der Waals surface area contributed by atoms with Crippen molar-refractivity contribution in [1.29, 1.82) is 0 Å². The van der Waals surface area contributed by atoms with Crippen molar-refractivity contribution in [2.45, 2.75) is 13.3 Å². The van der Waals surface area contributed by atoms with Crippen LogP contribution >= 0.6 is 0 Å². The fourth-order valence-electron chi connectivity index (χ4n) is 0.999. The molecule has 0 spiro atoms. The van der Waals surface area contributed by atoms with E-state index in [4.69, 9.17) is 5.73 Å². The van der Waals surface area contributed by atoms with Crippen LogP contribution in [0, 0.1) is 0 Å². The molecule has 0 saturated heterocycles. The highest BCUT2D eigenvalue weighted by atomic mass is 16.6. The minimum absolute atomic E-state index is 0.0832. The van der Waals surface area contributed by atoms with Gasteiger partial charge in [0.1, 0.15) is 0 Å². The van der Waals surface area contributed by atoms with E-state index in [0.717, 1.165) is 5.56 Å². The maximum absolute atomic E-state index is 11.0. The molecular formula is C10H11NO3. The molecule has 0 radical (unpaired) electrons. The second kappa shape index (κ2) is 4.41. The molecule has 1 rings (SSSR count). The Balaban J connectivity index is 2.56. The molecule has 0 heterocycles. The summed E-state index contributed by atoms with van der Waals surface area (Å²) >= 11 is 0. The highest BCUT2D eigenvalue weighted by molar-refractivity contribution is 5.85. The standard InChI is InChI=1S/C10H11NO3/c1-7(12)14-10(13)6-8-2-4-9(11)5-3-8/h2-5H,6,11H2,1H3. The van der Waals surface area contributed by atoms with Gasteiger partial charge in [0.25, 0.3) is 0 Å². The summed E-state index contributed by atoms with van der Waals surface area (Å²) in [5.74, 6) is -1.15. The van der Waals surface area contributed by atoms with Gasteiger partial charge in [0.15, 0.2) is 0 Å². The number of esters is 2. The van der Waals surface area contributed by atoms with Crippen LogP contribution in [-0.2, 0) is 20.7 Å². The molecule has 1 aromatic rings. The third-order valence-corrected chi connectivity index (χ3v) is 1.59. The zero-order valence-corrected chi connectivity index (χ0v) is 7.82. The van der Waals surface area contributed by atoms with Gasteiger partial charge >= 0.3 is 11.9 Å². The summed E-state index contributed by atoms with van der Waals surface area (Å²) < 4.78 is 4.38. The van der Waals surface area contributed by atoms with Gasteiger partial charge < -0.3 is 10.5 Å². The molecule has 14 heavy (non-hydrogen) atoms. The second-order valence-electron chi connectivity index (χ2n) is 2.88. The van der Waals surface area contributed by atoms with Gasteiger partial charge in [-0.1, -0.05) is 12.1 Å². The summed E-state index contributed by atoms with van der Waals surface area (Å²) in [6.45, 7) is 1.20. The lowest BCUT2D eigenvalue weighted by molar-refractivity contribution is -0.157. The Morgan fingerprint density at radius 2 is 1.86 bits per heavy atom. The molecular weight excluding hydrogens is 182 g/mol. The Morgan fingerprint density at radius 1 is 1.29 bits per heavy atom. The third-order valence-electron chi connectivity index (χ3n) is 1.59. The van der Waals surface area contributed by atoms with Gasteiger partial charge in [-0.25, -0.2) is 0 Å². The third kappa shape index (κ3) is 3.26. The predicted octanol–water partition coefficient (Wildman–Crippen LogP) is 0.901. The maximum Gasteiger partial charge on any atom is 0.317 e. The largest absolute Gasteiger partial charge is 0.399 e. The lowest BCUT2D eigenvalue weighted by Crippen LogP contribution is -2.11. The molecule has 0 bridgehead atoms. The van der Waals surface area contributed by atoms with E-state index in [9.17, 15) is 9.59 Å². The molecule has 0 amide bonds. The van der Waals surface area contributed by atoms with Gasteiger partial charge in [-0.15, -0.1) is 0 Å². The minimum atomic E-state index is -0.592. The highest BCUT2D eigenvalue weighted by Gasteiger charge is 2.06. The summed E-state index contributed by atoms with van der Waals surface area (Å²) in [6.07, 6.45) is 0.0832. The van der Waals surface area contributed by atoms with E-state index in [1.807, 2.05) is 0 Å². The Hall–Kier alpha value is -1.84. The Kier molecular flexibility index (Phi) is 3.23. The van der Waals surface area contributed by atoms with Gasteiger partial charge in [-0.3, -0.25) is 9.59 Å². The number of carbonyl (C=O) groups excluding carboxylic acids is 2. The van der Waals surface area contributed by atoms with Crippen molar-refractivity contribution < 1.29 is 14.3 Å². The van der Waals surface area contributed by atoms with E-state index in [0.29, 0.717) is 5.69 Å². The monoisotopic (exact) mass is 193 g/mol. The average Bonchev–Trinajstić information content (AvgIpc) is 2.07. The van der Waals surface area contributed by atoms with Crippen molar-refractivity contribution in [2.24, 2.45) is 0 Å². The number of nitrogen functional groups attached to an aromatic ring is 1. The molecule has 0 saturated carbocycles. The van der Waals surface area contributed by atoms with Crippen molar-refractivity contribution in [2.75, 3.05) is 5.73 Å². The van der Waals surface area contributed by atoms with Crippen molar-refractivity contribution in [3.8, 4) is 0 Å². The summed E-state index contributed by atoms with van der Waals surface area (Å²) in [7, 11) is 0. The number of nitrogens with two attached hydrogens (primary N) is 1. The smallest absolute Gasteiger partial charge is 0.317 e. The van der Waals surface area contributed by atoms with Gasteiger partial charge in [0.2, 0.25) is 0 Å². The van der Waals surface area contributed by atoms with E-state index >= 15 is 0 Å². The molecule has 0 aliphatic carbocycles. The van der Waals surface area contributed by atoms with E-state index in [2.05, 4.69) is 4.74 Å². The lowest BCUT2D eigenvalue weighted by atomic mass is 10.1. The summed E-state index contributed by atoms with van der Waals surface area (Å²) in [4.78, 5) is 21.5. The number of hydrogen-bond acceptors (Lipinski definition) is 4. The number of anilines is 1. The van der Waals surface area contributed by atoms with Crippen LogP contribution in [0.15, 0.2) is 24.3 Å². The fourth-order valence-corrected chi connectivity index (χ4v) is 0.999. The number of hydrogen-bond donors (Lipinski definition) is 1. The van der Waals surface area contributed by atoms with Gasteiger partial charge in [-0.2, -0.15) is 0 Å². The molecule has 0 unspecified atom stereocenters. The van der Waals surface area contributed by atoms with Crippen LogP contribution in [0.2, 0.25) is 0 Å². The molecule has 0 atom stereocenters. The minimum Gasteiger partial charge on any atom is -0.399 e. The van der Waals surface area contributed by atoms with Crippen LogP contribution in [0.25, 0.3) is 0 Å². The average molecular weight is 193 g/mol. The first-order valence-corrected chi connectivity index (χ1v) is 4.13. The molecule has 1 aromatic carbocycles. The fraction of sp³-hybridized carbons (Fsp3) is 0.200. The van der Waals surface area contributed by atoms with Crippen LogP contribution < -0.4 is 5.73 Å². The van der Waals surface area contributed by atoms with Gasteiger partial charge in [0, 0.05) is 12.6 Å². The quantitative estimate of drug-likeness (QED) is 0.430. The molecule has 0 aliphatic rings. The first kappa shape index (κ1) is 10.2. The predicted molar refractivity (Wildman–Crippen MR) is 51.3 cm³/mol. The van der Waals surface area contributed by atoms with Crippen LogP contribution in [0.3, 0.4) is 0 Å². The zero-order chi connectivity index (χ0) is 10.6. The number of carbonyl (C=O) groups is 2. The summed E-state index contributed by atoms with van der Waals surface area (Å²) in [6, 6.07) is 6.82. The van der Waals surface area contributed by atoms with Crippen molar-refractivity contribution in [3.05, 3.63) is 29.8 Å². The molecule has 0 aromatic heterocycles. The molecule has 4 nitrogen and oxygen atoms in total. The van der Waals surface area contributed by atoms with Crippen molar-refractivity contribution in [3.63, 3.8) is 0 Å². The van der Waals surface area contributed by atoms with E-state index in [1.165, 1.54) is 6.92 Å². The summed E-state index contributed by atoms with van der Waals surface area (Å²) in [5.41, 5.74) is 6.87. The van der Waals surface area contributed by atoms with E-state index in [1.54, 1.807) is 24.3 Å². The van der Waals surface area contributed by atoms with E-state index < -0.39 is 11.9 Å². The first-order valence-electron chi connectivity index (χ1n) is 4.13. The number of benzene rings is 1. The Labute approximate surface area is 81.7 Å². The van der Waals surface area contributed by atoms with Gasteiger partial charge in [0.05, 0.1) is 6.42 Å². The number of ether oxygens (including phenoxy) is 1. The Morgan fingerprint density at radius 3 is 2.36 bits per heavy atom. The number of rotatable bonds is 2. The van der Waals surface area contributed by atoms with Crippen LogP contribution in [0.1, 0.15) is 12.5 Å². The normalized spacial score (nSPS) is 9.50. The van der Waals surface area contributed by atoms with E-state index in [-0.39, 0.29) is 6.42 Å². The van der Waals surface area contributed by atoms with Crippen molar-refractivity contribution in [1.82, 2.24) is 0 Å². The van der Waals surface area contributed by atoms with Crippen LogP contribution in [-0.4, -0.2) is 11.9 Å². The van der Waals surface area contributed by atoms with Crippen LogP contribution in [0.5, 0.6) is 0 Å². The topological polar surface area (TPSA) is 69.4 Å². The SMILES string of the molecule is CC(=O)OC(=O)Cc1ccc(N)cc1. The van der Waals surface area contributed by atoms with Crippen molar-refractivity contribution >= 4 is 17.6 Å². The maximum atomic E-state index is 11.0. The highest BCUT2D eigenvalue weighted by Crippen LogP contribution is 2.06. The summed E-state index contributed by atoms with van der Waals surface area (Å²) in [5, 5.41) is 0. The lowest BCUT2D eigenvalue weighted by Gasteiger charge is -2.00. The molecule has 0 aliphatic heterocycles. The molecule has 2 N–H and O–H groups in total. The Bertz CT molecular complexity index is 343. The van der Waals surface area contributed by atoms with Crippen LogP contribution in [0.4, 0.5) is 5.69 Å². The first-order chi connectivity index (χ1) is 6.58. The molecule has 0 fully saturated rings. The second-order valence-corrected chi connectivity index (χ2v) is 2.88. The zero-order valence-electron chi connectivity index (χ0n) is 7.82. The molecule has 74 valence electrons.